The summed E-state index contributed by atoms with van der Waals surface area (Å²) in [5.41, 5.74) is 9.41. The van der Waals surface area contributed by atoms with Gasteiger partial charge in [-0.25, -0.2) is 4.39 Å². The number of anilines is 1. The van der Waals surface area contributed by atoms with Gasteiger partial charge in [-0.05, 0) is 36.5 Å². The Bertz CT molecular complexity index is 1040. The van der Waals surface area contributed by atoms with Crippen molar-refractivity contribution < 1.29 is 9.18 Å². The molecule has 6 heteroatoms. The summed E-state index contributed by atoms with van der Waals surface area (Å²) in [4.78, 5) is 12.6. The minimum absolute atomic E-state index is 0.133. The van der Waals surface area contributed by atoms with Crippen LogP contribution in [0.25, 0.3) is 16.6 Å². The van der Waals surface area contributed by atoms with Crippen molar-refractivity contribution in [3.05, 3.63) is 41.0 Å². The number of hydrogen-bond donors (Lipinski definition) is 1. The molecule has 1 aliphatic carbocycles. The average molecular weight is 340 g/mol. The maximum Gasteiger partial charge on any atom is 0.165 e. The monoisotopic (exact) mass is 340 g/mol. The maximum absolute atomic E-state index is 14.9. The van der Waals surface area contributed by atoms with Gasteiger partial charge in [0.25, 0.3) is 0 Å². The number of halogens is 1. The highest BCUT2D eigenvalue weighted by Crippen LogP contribution is 2.38. The smallest absolute Gasteiger partial charge is 0.165 e. The summed E-state index contributed by atoms with van der Waals surface area (Å²) in [6, 6.07) is 3.17. The first-order chi connectivity index (χ1) is 11.7. The molecule has 0 bridgehead atoms. The molecule has 1 aromatic carbocycles. The number of carbonyl (C=O) groups is 1. The van der Waals surface area contributed by atoms with Crippen molar-refractivity contribution in [3.63, 3.8) is 0 Å². The fourth-order valence-electron chi connectivity index (χ4n) is 3.97. The van der Waals surface area contributed by atoms with Crippen molar-refractivity contribution in [3.8, 4) is 5.69 Å². The predicted molar refractivity (Wildman–Crippen MR) is 95.6 cm³/mol. The summed E-state index contributed by atoms with van der Waals surface area (Å²) < 4.78 is 18.3. The highest BCUT2D eigenvalue weighted by atomic mass is 19.1. The Morgan fingerprint density at radius 1 is 1.28 bits per heavy atom. The molecular formula is C19H21FN4O. The molecule has 25 heavy (non-hydrogen) atoms. The minimum Gasteiger partial charge on any atom is -0.382 e. The van der Waals surface area contributed by atoms with Gasteiger partial charge in [0, 0.05) is 36.3 Å². The van der Waals surface area contributed by atoms with Gasteiger partial charge in [0.15, 0.2) is 11.6 Å². The largest absolute Gasteiger partial charge is 0.382 e. The number of benzene rings is 1. The molecule has 2 N–H and O–H groups in total. The summed E-state index contributed by atoms with van der Waals surface area (Å²) in [6.45, 7) is 6.05. The molecule has 0 fully saturated rings. The van der Waals surface area contributed by atoms with Crippen LogP contribution in [-0.2, 0) is 13.5 Å². The number of aromatic nitrogens is 3. The zero-order valence-electron chi connectivity index (χ0n) is 14.9. The predicted octanol–water partition coefficient (Wildman–Crippen LogP) is 3.55. The van der Waals surface area contributed by atoms with Gasteiger partial charge in [-0.1, -0.05) is 13.8 Å². The number of nitrogen functional groups attached to an aromatic ring is 1. The lowest BCUT2D eigenvalue weighted by Crippen LogP contribution is -2.28. The third-order valence-corrected chi connectivity index (χ3v) is 5.07. The second-order valence-electron chi connectivity index (χ2n) is 7.77. The zero-order valence-corrected chi connectivity index (χ0v) is 14.9. The number of nitrogens with two attached hydrogens (primary N) is 1. The van der Waals surface area contributed by atoms with E-state index in [-0.39, 0.29) is 17.0 Å². The molecule has 0 saturated carbocycles. The van der Waals surface area contributed by atoms with Gasteiger partial charge in [-0.15, -0.1) is 0 Å². The van der Waals surface area contributed by atoms with Crippen molar-refractivity contribution >= 4 is 22.5 Å². The van der Waals surface area contributed by atoms with E-state index in [0.29, 0.717) is 23.3 Å². The van der Waals surface area contributed by atoms with Gasteiger partial charge in [-0.2, -0.15) is 5.10 Å². The fraction of sp³-hybridized carbons (Fsp3) is 0.368. The molecule has 0 unspecified atom stereocenters. The van der Waals surface area contributed by atoms with Crippen molar-refractivity contribution in [2.45, 2.75) is 33.6 Å². The molecule has 130 valence electrons. The quantitative estimate of drug-likeness (QED) is 0.737. The Morgan fingerprint density at radius 3 is 2.72 bits per heavy atom. The highest BCUT2D eigenvalue weighted by molar-refractivity contribution is 6.00. The molecule has 2 heterocycles. The molecule has 2 aromatic heterocycles. The third-order valence-electron chi connectivity index (χ3n) is 5.07. The van der Waals surface area contributed by atoms with E-state index in [2.05, 4.69) is 18.9 Å². The fourth-order valence-corrected chi connectivity index (χ4v) is 3.97. The van der Waals surface area contributed by atoms with Crippen LogP contribution in [-0.4, -0.2) is 20.1 Å². The third kappa shape index (κ3) is 2.27. The number of Topliss-reactive ketones (excluding diaryl/α,β-unsaturated/α-hetero) is 1. The average Bonchev–Trinajstić information content (AvgIpc) is 2.95. The van der Waals surface area contributed by atoms with Crippen LogP contribution in [0.3, 0.4) is 0 Å². The Kier molecular flexibility index (Phi) is 3.14. The molecule has 0 radical (unpaired) electrons. The number of ketones is 1. The van der Waals surface area contributed by atoms with Crippen LogP contribution in [0.5, 0.6) is 0 Å². The number of fused-ring (bicyclic) bond motifs is 2. The summed E-state index contributed by atoms with van der Waals surface area (Å²) in [7, 11) is 1.78. The number of rotatable bonds is 1. The first kappa shape index (κ1) is 15.9. The molecule has 4 rings (SSSR count). The summed E-state index contributed by atoms with van der Waals surface area (Å²) in [6.07, 6.45) is 3.10. The van der Waals surface area contributed by atoms with E-state index in [0.717, 1.165) is 28.8 Å². The summed E-state index contributed by atoms with van der Waals surface area (Å²) in [5.74, 6) is 0.0690. The zero-order chi connectivity index (χ0) is 18.1. The second kappa shape index (κ2) is 4.94. The van der Waals surface area contributed by atoms with E-state index in [1.54, 1.807) is 17.8 Å². The maximum atomic E-state index is 14.9. The number of carbonyl (C=O) groups excluding carboxylic acids is 1. The first-order valence-electron chi connectivity index (χ1n) is 8.34. The number of nitrogens with zero attached hydrogens (tertiary/aromatic N) is 3. The van der Waals surface area contributed by atoms with E-state index < -0.39 is 0 Å². The Balaban J connectivity index is 1.99. The molecule has 0 spiro atoms. The van der Waals surface area contributed by atoms with Gasteiger partial charge < -0.3 is 10.3 Å². The number of aryl methyl sites for hydroxylation is 2. The van der Waals surface area contributed by atoms with E-state index in [9.17, 15) is 9.18 Å². The van der Waals surface area contributed by atoms with Gasteiger partial charge in [0.05, 0.1) is 11.2 Å². The standard InChI is InChI=1S/C19H21FN4O/c1-10-9-24(15-7-19(2,3)8-16(25)17(10)15)14-6-13-11(5-12(14)20)18(21)22-23(13)4/h5-6,9H,7-8H2,1-4H3,(H2,21,22). The van der Waals surface area contributed by atoms with Crippen molar-refractivity contribution in [1.82, 2.24) is 14.3 Å². The molecular weight excluding hydrogens is 319 g/mol. The Morgan fingerprint density at radius 2 is 2.00 bits per heavy atom. The van der Waals surface area contributed by atoms with Gasteiger partial charge in [0.2, 0.25) is 0 Å². The summed E-state index contributed by atoms with van der Waals surface area (Å²) in [5, 5.41) is 4.75. The van der Waals surface area contributed by atoms with Crippen LogP contribution in [0.15, 0.2) is 18.3 Å². The lowest BCUT2D eigenvalue weighted by Gasteiger charge is -2.30. The highest BCUT2D eigenvalue weighted by Gasteiger charge is 2.35. The Labute approximate surface area is 145 Å². The molecule has 0 atom stereocenters. The van der Waals surface area contributed by atoms with E-state index in [4.69, 9.17) is 5.73 Å². The van der Waals surface area contributed by atoms with Gasteiger partial charge >= 0.3 is 0 Å². The molecule has 0 amide bonds. The van der Waals surface area contributed by atoms with Crippen LogP contribution >= 0.6 is 0 Å². The topological polar surface area (TPSA) is 65.8 Å². The second-order valence-corrected chi connectivity index (χ2v) is 7.77. The molecule has 5 nitrogen and oxygen atoms in total. The van der Waals surface area contributed by atoms with Crippen molar-refractivity contribution in [2.75, 3.05) is 5.73 Å². The minimum atomic E-state index is -0.374. The summed E-state index contributed by atoms with van der Waals surface area (Å²) >= 11 is 0. The van der Waals surface area contributed by atoms with Gasteiger partial charge in [-0.3, -0.25) is 9.48 Å². The van der Waals surface area contributed by atoms with Gasteiger partial charge in [0.1, 0.15) is 5.82 Å². The van der Waals surface area contributed by atoms with Crippen LogP contribution < -0.4 is 5.73 Å². The van der Waals surface area contributed by atoms with Crippen molar-refractivity contribution in [2.24, 2.45) is 12.5 Å². The SMILES string of the molecule is Cc1cn(-c2cc3c(cc2F)c(N)nn3C)c2c1C(=O)CC(C)(C)C2. The van der Waals surface area contributed by atoms with Crippen LogP contribution in [0, 0.1) is 18.2 Å². The molecule has 0 saturated heterocycles. The van der Waals surface area contributed by atoms with E-state index >= 15 is 0 Å². The van der Waals surface area contributed by atoms with Crippen molar-refractivity contribution in [1.29, 1.82) is 0 Å². The normalized spacial score (nSPS) is 16.4. The molecule has 0 aliphatic heterocycles. The molecule has 1 aliphatic rings. The first-order valence-corrected chi connectivity index (χ1v) is 8.34. The van der Waals surface area contributed by atoms with E-state index in [1.807, 2.05) is 17.7 Å². The number of hydrogen-bond acceptors (Lipinski definition) is 3. The lowest BCUT2D eigenvalue weighted by atomic mass is 9.75. The molecule has 3 aromatic rings. The van der Waals surface area contributed by atoms with Crippen LogP contribution in [0.1, 0.15) is 41.9 Å². The van der Waals surface area contributed by atoms with Crippen LogP contribution in [0.4, 0.5) is 10.2 Å². The van der Waals surface area contributed by atoms with E-state index in [1.165, 1.54) is 6.07 Å². The Hall–Kier alpha value is -2.63. The lowest BCUT2D eigenvalue weighted by molar-refractivity contribution is 0.0910. The van der Waals surface area contributed by atoms with Crippen LogP contribution in [0.2, 0.25) is 0 Å².